The topological polar surface area (TPSA) is 16.4 Å². The van der Waals surface area contributed by atoms with Crippen LogP contribution in [-0.2, 0) is 0 Å². The SMILES string of the molecule is C1=CCC(c2cccc(N(c3cccc(-c4ccccc4)c3)c3cc4c5ccccc5sc4c4c3oc3ccccc34)c2)C=C1. The third kappa shape index (κ3) is 4.39. The molecular weight excluding hydrogens is 567 g/mol. The molecule has 45 heavy (non-hydrogen) atoms. The molecule has 2 nitrogen and oxygen atoms in total. The summed E-state index contributed by atoms with van der Waals surface area (Å²) in [5, 5.41) is 4.86. The highest BCUT2D eigenvalue weighted by Crippen LogP contribution is 2.49. The molecule has 0 saturated carbocycles. The van der Waals surface area contributed by atoms with Gasteiger partial charge in [0.05, 0.1) is 5.69 Å². The first-order valence-corrected chi connectivity index (χ1v) is 16.3. The molecule has 1 atom stereocenters. The van der Waals surface area contributed by atoms with E-state index in [1.54, 1.807) is 0 Å². The van der Waals surface area contributed by atoms with Gasteiger partial charge < -0.3 is 9.32 Å². The van der Waals surface area contributed by atoms with E-state index in [-0.39, 0.29) is 0 Å². The van der Waals surface area contributed by atoms with Gasteiger partial charge in [-0.15, -0.1) is 11.3 Å². The van der Waals surface area contributed by atoms with E-state index in [1.807, 2.05) is 11.3 Å². The van der Waals surface area contributed by atoms with Gasteiger partial charge >= 0.3 is 0 Å². The van der Waals surface area contributed by atoms with Crippen molar-refractivity contribution in [1.29, 1.82) is 0 Å². The summed E-state index contributed by atoms with van der Waals surface area (Å²) in [5.74, 6) is 0.349. The average Bonchev–Trinajstić information content (AvgIpc) is 3.68. The summed E-state index contributed by atoms with van der Waals surface area (Å²) in [5.41, 5.74) is 8.74. The van der Waals surface area contributed by atoms with Crippen molar-refractivity contribution in [2.75, 3.05) is 4.90 Å². The van der Waals surface area contributed by atoms with Crippen LogP contribution in [0.5, 0.6) is 0 Å². The quantitative estimate of drug-likeness (QED) is 0.197. The van der Waals surface area contributed by atoms with Gasteiger partial charge in [-0.1, -0.05) is 115 Å². The van der Waals surface area contributed by atoms with Crippen LogP contribution in [0.25, 0.3) is 53.2 Å². The fourth-order valence-corrected chi connectivity index (χ4v) is 8.06. The first-order valence-electron chi connectivity index (χ1n) is 15.5. The molecule has 2 aromatic heterocycles. The Balaban J connectivity index is 1.36. The number of furan rings is 1. The molecule has 0 amide bonds. The van der Waals surface area contributed by atoms with E-state index in [2.05, 4.69) is 163 Å². The minimum absolute atomic E-state index is 0.349. The van der Waals surface area contributed by atoms with Crippen molar-refractivity contribution < 1.29 is 4.42 Å². The fraction of sp³-hybridized carbons (Fsp3) is 0.0476. The van der Waals surface area contributed by atoms with Crippen molar-refractivity contribution in [3.05, 3.63) is 163 Å². The lowest BCUT2D eigenvalue weighted by molar-refractivity contribution is 0.669. The van der Waals surface area contributed by atoms with E-state index < -0.39 is 0 Å². The van der Waals surface area contributed by atoms with Crippen LogP contribution >= 0.6 is 11.3 Å². The molecular formula is C42H29NOS. The summed E-state index contributed by atoms with van der Waals surface area (Å²) in [7, 11) is 0. The summed E-state index contributed by atoms with van der Waals surface area (Å²) >= 11 is 1.85. The Morgan fingerprint density at radius 3 is 2.24 bits per heavy atom. The minimum atomic E-state index is 0.349. The van der Waals surface area contributed by atoms with Gasteiger partial charge in [-0.2, -0.15) is 0 Å². The fourth-order valence-electron chi connectivity index (χ4n) is 6.82. The molecule has 0 aliphatic heterocycles. The second-order valence-corrected chi connectivity index (χ2v) is 12.7. The van der Waals surface area contributed by atoms with Gasteiger partial charge in [-0.05, 0) is 65.6 Å². The largest absolute Gasteiger partial charge is 0.454 e. The van der Waals surface area contributed by atoms with Gasteiger partial charge in [0.15, 0.2) is 5.58 Å². The maximum Gasteiger partial charge on any atom is 0.160 e. The van der Waals surface area contributed by atoms with Crippen LogP contribution in [0, 0.1) is 0 Å². The van der Waals surface area contributed by atoms with Gasteiger partial charge in [0.2, 0.25) is 0 Å². The molecule has 2 heterocycles. The highest BCUT2D eigenvalue weighted by molar-refractivity contribution is 7.26. The zero-order chi connectivity index (χ0) is 29.7. The van der Waals surface area contributed by atoms with Crippen LogP contribution in [0.2, 0.25) is 0 Å². The lowest BCUT2D eigenvalue weighted by atomic mass is 9.92. The minimum Gasteiger partial charge on any atom is -0.454 e. The molecule has 3 heteroatoms. The zero-order valence-electron chi connectivity index (χ0n) is 24.6. The Kier molecular flexibility index (Phi) is 6.17. The molecule has 9 rings (SSSR count). The highest BCUT2D eigenvalue weighted by atomic mass is 32.1. The molecule has 0 fully saturated rings. The van der Waals surface area contributed by atoms with E-state index in [0.29, 0.717) is 5.92 Å². The lowest BCUT2D eigenvalue weighted by Gasteiger charge is -2.27. The van der Waals surface area contributed by atoms with Crippen LogP contribution < -0.4 is 4.90 Å². The Labute approximate surface area is 265 Å². The zero-order valence-corrected chi connectivity index (χ0v) is 25.4. The molecule has 0 saturated heterocycles. The predicted molar refractivity (Wildman–Crippen MR) is 192 cm³/mol. The van der Waals surface area contributed by atoms with Gasteiger partial charge in [0.1, 0.15) is 5.58 Å². The summed E-state index contributed by atoms with van der Waals surface area (Å²) in [4.78, 5) is 2.40. The van der Waals surface area contributed by atoms with E-state index >= 15 is 0 Å². The smallest absolute Gasteiger partial charge is 0.160 e. The molecule has 0 N–H and O–H groups in total. The highest BCUT2D eigenvalue weighted by Gasteiger charge is 2.24. The Hall–Kier alpha value is -5.38. The molecule has 0 bridgehead atoms. The van der Waals surface area contributed by atoms with Crippen molar-refractivity contribution in [3.63, 3.8) is 0 Å². The van der Waals surface area contributed by atoms with Crippen molar-refractivity contribution in [3.8, 4) is 11.1 Å². The van der Waals surface area contributed by atoms with Crippen LogP contribution in [0.1, 0.15) is 17.9 Å². The van der Waals surface area contributed by atoms with Crippen LogP contribution in [-0.4, -0.2) is 0 Å². The van der Waals surface area contributed by atoms with E-state index in [4.69, 9.17) is 4.42 Å². The van der Waals surface area contributed by atoms with Gasteiger partial charge in [-0.3, -0.25) is 0 Å². The van der Waals surface area contributed by atoms with Crippen LogP contribution in [0.3, 0.4) is 0 Å². The molecule has 0 spiro atoms. The van der Waals surface area contributed by atoms with Crippen molar-refractivity contribution >= 4 is 70.5 Å². The standard InChI is InChI=1S/C42H29NOS/c1-3-13-28(14-4-1)30-17-11-19-32(25-30)43(33-20-12-18-31(26-33)29-15-5-2-6-16-29)37-27-36-34-21-8-10-24-39(34)45-42(36)40-35-22-7-9-23-38(35)44-41(37)40/h1-15,17-27,29H,16H2. The molecule has 1 unspecified atom stereocenters. The normalized spacial score (nSPS) is 14.6. The second-order valence-electron chi connectivity index (χ2n) is 11.7. The monoisotopic (exact) mass is 595 g/mol. The van der Waals surface area contributed by atoms with Crippen molar-refractivity contribution in [2.24, 2.45) is 0 Å². The third-order valence-corrected chi connectivity index (χ3v) is 10.2. The molecule has 1 aliphatic rings. The Morgan fingerprint density at radius 2 is 1.38 bits per heavy atom. The van der Waals surface area contributed by atoms with Crippen LogP contribution in [0.4, 0.5) is 17.1 Å². The number of thiophene rings is 1. The molecule has 1 aliphatic carbocycles. The van der Waals surface area contributed by atoms with Gasteiger partial charge in [0, 0.05) is 48.2 Å². The number of rotatable bonds is 5. The summed E-state index contributed by atoms with van der Waals surface area (Å²) in [6.07, 6.45) is 9.87. The Morgan fingerprint density at radius 1 is 0.622 bits per heavy atom. The number of benzene rings is 6. The molecule has 6 aromatic carbocycles. The maximum absolute atomic E-state index is 6.82. The van der Waals surface area contributed by atoms with Gasteiger partial charge in [-0.25, -0.2) is 0 Å². The molecule has 8 aromatic rings. The first kappa shape index (κ1) is 26.1. The van der Waals surface area contributed by atoms with Gasteiger partial charge in [0.25, 0.3) is 0 Å². The summed E-state index contributed by atoms with van der Waals surface area (Å²) in [6, 6.07) is 48.1. The Bertz CT molecular complexity index is 2430. The lowest BCUT2D eigenvalue weighted by Crippen LogP contribution is -2.11. The number of allylic oxidation sites excluding steroid dienone is 4. The molecule has 214 valence electrons. The van der Waals surface area contributed by atoms with Crippen molar-refractivity contribution in [2.45, 2.75) is 12.3 Å². The number of hydrogen-bond acceptors (Lipinski definition) is 3. The number of anilines is 3. The van der Waals surface area contributed by atoms with E-state index in [0.717, 1.165) is 40.0 Å². The number of para-hydroxylation sites is 1. The summed E-state index contributed by atoms with van der Waals surface area (Å²) in [6.45, 7) is 0. The van der Waals surface area contributed by atoms with E-state index in [1.165, 1.54) is 42.2 Å². The average molecular weight is 596 g/mol. The number of fused-ring (bicyclic) bond motifs is 7. The first-order chi connectivity index (χ1) is 22.3. The number of hydrogen-bond donors (Lipinski definition) is 0. The second kappa shape index (κ2) is 10.7. The van der Waals surface area contributed by atoms with Crippen LogP contribution in [0.15, 0.2) is 162 Å². The summed E-state index contributed by atoms with van der Waals surface area (Å²) < 4.78 is 9.37. The number of nitrogens with zero attached hydrogens (tertiary/aromatic N) is 1. The van der Waals surface area contributed by atoms with Crippen molar-refractivity contribution in [1.82, 2.24) is 0 Å². The third-order valence-electron chi connectivity index (χ3n) is 8.96. The van der Waals surface area contributed by atoms with E-state index in [9.17, 15) is 0 Å². The predicted octanol–water partition coefficient (Wildman–Crippen LogP) is 12.7. The molecule has 0 radical (unpaired) electrons. The maximum atomic E-state index is 6.82.